The molecular formula is C26H32O4. The van der Waals surface area contributed by atoms with Crippen LogP contribution >= 0.6 is 0 Å². The van der Waals surface area contributed by atoms with E-state index in [9.17, 15) is 9.59 Å². The number of ether oxygens (including phenoxy) is 2. The molecule has 30 heavy (non-hydrogen) atoms. The van der Waals surface area contributed by atoms with Gasteiger partial charge < -0.3 is 9.47 Å². The lowest BCUT2D eigenvalue weighted by Crippen LogP contribution is -2.45. The SMILES string of the molecule is CCOC1=CC2=C[C@@H](C(=O)OC)C3=C(CC[C@@]45C(=O)CC[C@]4(C)CC=C35)C2(C)CC1. The van der Waals surface area contributed by atoms with Crippen LogP contribution in [-0.4, -0.2) is 25.5 Å². The van der Waals surface area contributed by atoms with Gasteiger partial charge in [-0.05, 0) is 67.2 Å². The molecule has 0 aromatic carbocycles. The maximum atomic E-state index is 13.3. The highest BCUT2D eigenvalue weighted by atomic mass is 16.5. The molecule has 4 heteroatoms. The molecule has 0 aromatic heterocycles. The molecule has 5 aliphatic rings. The van der Waals surface area contributed by atoms with Gasteiger partial charge in [-0.25, -0.2) is 0 Å². The Balaban J connectivity index is 1.69. The van der Waals surface area contributed by atoms with Gasteiger partial charge in [-0.1, -0.05) is 31.6 Å². The summed E-state index contributed by atoms with van der Waals surface area (Å²) in [6.45, 7) is 7.25. The monoisotopic (exact) mass is 408 g/mol. The molecule has 5 aliphatic carbocycles. The summed E-state index contributed by atoms with van der Waals surface area (Å²) in [5.41, 5.74) is 4.26. The highest BCUT2D eigenvalue weighted by Gasteiger charge is 2.65. The molecule has 0 N–H and O–H groups in total. The molecule has 0 aliphatic heterocycles. The molecular weight excluding hydrogens is 376 g/mol. The van der Waals surface area contributed by atoms with Crippen molar-refractivity contribution in [1.29, 1.82) is 0 Å². The lowest BCUT2D eigenvalue weighted by Gasteiger charge is -2.51. The number of ketones is 1. The Morgan fingerprint density at radius 1 is 1.17 bits per heavy atom. The van der Waals surface area contributed by atoms with E-state index in [0.717, 1.165) is 55.4 Å². The van der Waals surface area contributed by atoms with E-state index in [1.165, 1.54) is 18.3 Å². The first kappa shape index (κ1) is 19.8. The van der Waals surface area contributed by atoms with Crippen molar-refractivity contribution in [3.05, 3.63) is 46.3 Å². The Bertz CT molecular complexity index is 964. The van der Waals surface area contributed by atoms with Crippen molar-refractivity contribution in [2.24, 2.45) is 22.2 Å². The van der Waals surface area contributed by atoms with Crippen molar-refractivity contribution in [3.8, 4) is 0 Å². The number of esters is 1. The van der Waals surface area contributed by atoms with Crippen LogP contribution in [0.25, 0.3) is 0 Å². The zero-order valence-electron chi connectivity index (χ0n) is 18.6. The average Bonchev–Trinajstić information content (AvgIpc) is 3.17. The van der Waals surface area contributed by atoms with E-state index in [0.29, 0.717) is 18.8 Å². The first-order valence-corrected chi connectivity index (χ1v) is 11.4. The minimum atomic E-state index is -0.440. The highest BCUT2D eigenvalue weighted by Crippen LogP contribution is 2.70. The third-order valence-corrected chi connectivity index (χ3v) is 8.93. The molecule has 0 bridgehead atoms. The predicted octanol–water partition coefficient (Wildman–Crippen LogP) is 5.21. The smallest absolute Gasteiger partial charge is 0.317 e. The molecule has 4 atom stereocenters. The van der Waals surface area contributed by atoms with Crippen molar-refractivity contribution in [1.82, 2.24) is 0 Å². The fourth-order valence-corrected chi connectivity index (χ4v) is 7.21. The van der Waals surface area contributed by atoms with E-state index >= 15 is 0 Å². The maximum Gasteiger partial charge on any atom is 0.317 e. The van der Waals surface area contributed by atoms with Crippen LogP contribution in [-0.2, 0) is 19.1 Å². The Morgan fingerprint density at radius 3 is 2.70 bits per heavy atom. The summed E-state index contributed by atoms with van der Waals surface area (Å²) >= 11 is 0. The van der Waals surface area contributed by atoms with E-state index in [4.69, 9.17) is 9.47 Å². The number of carbonyl (C=O) groups is 2. The van der Waals surface area contributed by atoms with Gasteiger partial charge in [0.05, 0.1) is 24.9 Å². The minimum Gasteiger partial charge on any atom is -0.498 e. The molecule has 0 heterocycles. The first-order valence-electron chi connectivity index (χ1n) is 11.4. The lowest BCUT2D eigenvalue weighted by atomic mass is 9.52. The number of carbonyl (C=O) groups excluding carboxylic acids is 2. The summed E-state index contributed by atoms with van der Waals surface area (Å²) in [6, 6.07) is 0. The van der Waals surface area contributed by atoms with Crippen molar-refractivity contribution in [3.63, 3.8) is 0 Å². The van der Waals surface area contributed by atoms with Gasteiger partial charge in [-0.15, -0.1) is 0 Å². The normalized spacial score (nSPS) is 39.3. The van der Waals surface area contributed by atoms with Gasteiger partial charge in [0.15, 0.2) is 0 Å². The van der Waals surface area contributed by atoms with Crippen LogP contribution in [0.3, 0.4) is 0 Å². The summed E-state index contributed by atoms with van der Waals surface area (Å²) in [5.74, 6) is 0.710. The predicted molar refractivity (Wildman–Crippen MR) is 114 cm³/mol. The molecule has 1 unspecified atom stereocenters. The van der Waals surface area contributed by atoms with Gasteiger partial charge in [0.1, 0.15) is 11.7 Å². The second kappa shape index (κ2) is 6.45. The molecule has 0 saturated heterocycles. The van der Waals surface area contributed by atoms with Crippen LogP contribution in [0.4, 0.5) is 0 Å². The zero-order valence-corrected chi connectivity index (χ0v) is 18.6. The standard InChI is InChI=1S/C26H32O4/c1-5-30-17-6-12-25(3)16(14-17)15-18(23(28)29-4)22-19(25)8-13-26-20(22)7-10-24(26,2)11-9-21(26)27/h7,14-15,18H,5-6,8-13H2,1-4H3/t18-,24+,25?,26-/m1/s1. The van der Waals surface area contributed by atoms with E-state index in [-0.39, 0.29) is 16.8 Å². The molecule has 0 amide bonds. The number of Topliss-reactive ketones (excluding diaryl/α,β-unsaturated/α-hetero) is 1. The molecule has 1 spiro atoms. The molecule has 1 saturated carbocycles. The van der Waals surface area contributed by atoms with Crippen molar-refractivity contribution in [2.75, 3.05) is 13.7 Å². The number of allylic oxidation sites excluding steroid dienone is 6. The quantitative estimate of drug-likeness (QED) is 0.602. The lowest BCUT2D eigenvalue weighted by molar-refractivity contribution is -0.143. The van der Waals surface area contributed by atoms with E-state index in [2.05, 4.69) is 32.1 Å². The van der Waals surface area contributed by atoms with Crippen LogP contribution in [0.1, 0.15) is 65.7 Å². The molecule has 0 aromatic rings. The van der Waals surface area contributed by atoms with Crippen LogP contribution < -0.4 is 0 Å². The largest absolute Gasteiger partial charge is 0.498 e. The van der Waals surface area contributed by atoms with Gasteiger partial charge in [0.25, 0.3) is 0 Å². The van der Waals surface area contributed by atoms with Gasteiger partial charge in [-0.3, -0.25) is 9.59 Å². The fraction of sp³-hybridized carbons (Fsp3) is 0.615. The van der Waals surface area contributed by atoms with Crippen molar-refractivity contribution in [2.45, 2.75) is 65.7 Å². The van der Waals surface area contributed by atoms with Gasteiger partial charge in [0.2, 0.25) is 0 Å². The molecule has 4 nitrogen and oxygen atoms in total. The fourth-order valence-electron chi connectivity index (χ4n) is 7.21. The molecule has 160 valence electrons. The molecule has 0 radical (unpaired) electrons. The van der Waals surface area contributed by atoms with Crippen LogP contribution in [0.15, 0.2) is 46.3 Å². The summed E-state index contributed by atoms with van der Waals surface area (Å²) < 4.78 is 11.1. The number of hydrogen-bond donors (Lipinski definition) is 0. The third kappa shape index (κ3) is 2.28. The van der Waals surface area contributed by atoms with Gasteiger partial charge in [0, 0.05) is 18.3 Å². The summed E-state index contributed by atoms with van der Waals surface area (Å²) in [5, 5.41) is 0. The number of hydrogen-bond acceptors (Lipinski definition) is 4. The van der Waals surface area contributed by atoms with Crippen molar-refractivity contribution >= 4 is 11.8 Å². The minimum absolute atomic E-state index is 0.00187. The summed E-state index contributed by atoms with van der Waals surface area (Å²) in [4.78, 5) is 26.3. The Hall–Kier alpha value is -2.10. The number of methoxy groups -OCH3 is 1. The van der Waals surface area contributed by atoms with E-state index < -0.39 is 11.3 Å². The molecule has 5 rings (SSSR count). The third-order valence-electron chi connectivity index (χ3n) is 8.93. The van der Waals surface area contributed by atoms with Crippen LogP contribution in [0.2, 0.25) is 0 Å². The average molecular weight is 409 g/mol. The maximum absolute atomic E-state index is 13.3. The number of rotatable bonds is 3. The highest BCUT2D eigenvalue weighted by molar-refractivity contribution is 5.95. The van der Waals surface area contributed by atoms with Crippen molar-refractivity contribution < 1.29 is 19.1 Å². The van der Waals surface area contributed by atoms with Gasteiger partial charge in [-0.2, -0.15) is 0 Å². The van der Waals surface area contributed by atoms with Crippen LogP contribution in [0.5, 0.6) is 0 Å². The zero-order chi connectivity index (χ0) is 21.3. The molecule has 1 fully saturated rings. The second-order valence-corrected chi connectivity index (χ2v) is 10.1. The summed E-state index contributed by atoms with van der Waals surface area (Å²) in [6.07, 6.45) is 12.7. The Morgan fingerprint density at radius 2 is 1.97 bits per heavy atom. The number of fused-ring (bicyclic) bond motifs is 3. The van der Waals surface area contributed by atoms with Crippen LogP contribution in [0, 0.1) is 22.2 Å². The van der Waals surface area contributed by atoms with E-state index in [1.54, 1.807) is 0 Å². The van der Waals surface area contributed by atoms with Gasteiger partial charge >= 0.3 is 5.97 Å². The Labute approximate surface area is 179 Å². The Kier molecular flexibility index (Phi) is 4.26. The first-order chi connectivity index (χ1) is 14.3. The topological polar surface area (TPSA) is 52.6 Å². The second-order valence-electron chi connectivity index (χ2n) is 10.1. The summed E-state index contributed by atoms with van der Waals surface area (Å²) in [7, 11) is 1.46. The van der Waals surface area contributed by atoms with E-state index in [1.807, 2.05) is 6.92 Å².